The Morgan fingerprint density at radius 3 is 2.83 bits per heavy atom. The van der Waals surface area contributed by atoms with Crippen LogP contribution in [0.4, 0.5) is 5.69 Å². The molecule has 0 amide bonds. The quantitative estimate of drug-likeness (QED) is 0.616. The number of ether oxygens (including phenoxy) is 1. The van der Waals surface area contributed by atoms with Crippen molar-refractivity contribution in [3.8, 4) is 0 Å². The largest absolute Gasteiger partial charge is 0.462 e. The number of piperidine rings is 1. The highest BCUT2D eigenvalue weighted by Gasteiger charge is 2.10. The third-order valence-electron chi connectivity index (χ3n) is 3.79. The summed E-state index contributed by atoms with van der Waals surface area (Å²) in [4.78, 5) is 14.2. The molecule has 126 valence electrons. The number of carbonyl (C=O) groups excluding carboxylic acids is 1. The van der Waals surface area contributed by atoms with Gasteiger partial charge < -0.3 is 20.3 Å². The Bertz CT molecular complexity index is 530. The predicted molar refractivity (Wildman–Crippen MR) is 96.9 cm³/mol. The highest BCUT2D eigenvalue weighted by Crippen LogP contribution is 2.12. The van der Waals surface area contributed by atoms with Crippen LogP contribution < -0.4 is 10.6 Å². The first-order chi connectivity index (χ1) is 11.2. The summed E-state index contributed by atoms with van der Waals surface area (Å²) in [5.41, 5.74) is 1.30. The molecule has 5 nitrogen and oxygen atoms in total. The van der Waals surface area contributed by atoms with Gasteiger partial charge in [-0.2, -0.15) is 0 Å². The molecule has 1 aromatic rings. The molecular weight excluding hydrogens is 310 g/mol. The second kappa shape index (κ2) is 9.47. The number of anilines is 1. The van der Waals surface area contributed by atoms with Crippen LogP contribution in [0.25, 0.3) is 0 Å². The molecular formula is C17H25N3O2S. The summed E-state index contributed by atoms with van der Waals surface area (Å²) in [5.74, 6) is -0.319. The summed E-state index contributed by atoms with van der Waals surface area (Å²) >= 11 is 5.31. The molecule has 1 aliphatic rings. The van der Waals surface area contributed by atoms with Crippen LogP contribution in [0.5, 0.6) is 0 Å². The number of rotatable bonds is 6. The van der Waals surface area contributed by atoms with Gasteiger partial charge in [-0.1, -0.05) is 12.5 Å². The van der Waals surface area contributed by atoms with Crippen LogP contribution in [0, 0.1) is 0 Å². The van der Waals surface area contributed by atoms with Gasteiger partial charge in [0.25, 0.3) is 0 Å². The zero-order chi connectivity index (χ0) is 16.5. The van der Waals surface area contributed by atoms with E-state index in [1.807, 2.05) is 12.1 Å². The number of carbonyl (C=O) groups is 1. The van der Waals surface area contributed by atoms with Crippen LogP contribution in [0.15, 0.2) is 24.3 Å². The maximum absolute atomic E-state index is 11.7. The molecule has 0 bridgehead atoms. The summed E-state index contributed by atoms with van der Waals surface area (Å²) < 4.78 is 5.00. The van der Waals surface area contributed by atoms with Crippen molar-refractivity contribution in [1.82, 2.24) is 10.2 Å². The molecule has 1 heterocycles. The second-order valence-corrected chi connectivity index (χ2v) is 5.99. The summed E-state index contributed by atoms with van der Waals surface area (Å²) in [5, 5.41) is 6.90. The lowest BCUT2D eigenvalue weighted by molar-refractivity contribution is 0.0526. The highest BCUT2D eigenvalue weighted by atomic mass is 32.1. The molecule has 0 radical (unpaired) electrons. The molecule has 1 aliphatic heterocycles. The molecule has 6 heteroatoms. The number of nitrogens with one attached hydrogen (secondary N) is 2. The fraction of sp³-hybridized carbons (Fsp3) is 0.529. The van der Waals surface area contributed by atoms with E-state index in [9.17, 15) is 4.79 Å². The molecule has 0 aliphatic carbocycles. The number of nitrogens with zero attached hydrogens (tertiary/aromatic N) is 1. The fourth-order valence-corrected chi connectivity index (χ4v) is 2.84. The van der Waals surface area contributed by atoms with Crippen LogP contribution in [-0.2, 0) is 4.74 Å². The Kier molecular flexibility index (Phi) is 7.29. The zero-order valence-electron chi connectivity index (χ0n) is 13.6. The van der Waals surface area contributed by atoms with Crippen molar-refractivity contribution in [2.75, 3.05) is 38.1 Å². The molecule has 0 aromatic heterocycles. The van der Waals surface area contributed by atoms with Gasteiger partial charge >= 0.3 is 5.97 Å². The normalized spacial score (nSPS) is 15.0. The third-order valence-corrected chi connectivity index (χ3v) is 4.04. The smallest absolute Gasteiger partial charge is 0.338 e. The number of likely N-dealkylation sites (tertiary alicyclic amines) is 1. The minimum absolute atomic E-state index is 0.319. The second-order valence-electron chi connectivity index (χ2n) is 5.58. The monoisotopic (exact) mass is 335 g/mol. The topological polar surface area (TPSA) is 53.6 Å². The van der Waals surface area contributed by atoms with Gasteiger partial charge in [0.15, 0.2) is 5.11 Å². The van der Waals surface area contributed by atoms with E-state index in [0.29, 0.717) is 17.3 Å². The van der Waals surface area contributed by atoms with Crippen LogP contribution in [0.2, 0.25) is 0 Å². The van der Waals surface area contributed by atoms with Gasteiger partial charge in [-0.25, -0.2) is 4.79 Å². The van der Waals surface area contributed by atoms with E-state index < -0.39 is 0 Å². The Labute approximate surface area is 143 Å². The molecule has 1 fully saturated rings. The van der Waals surface area contributed by atoms with Crippen LogP contribution in [0.1, 0.15) is 36.5 Å². The van der Waals surface area contributed by atoms with E-state index in [4.69, 9.17) is 17.0 Å². The Hall–Kier alpha value is -1.66. The van der Waals surface area contributed by atoms with Crippen molar-refractivity contribution in [2.45, 2.75) is 26.2 Å². The van der Waals surface area contributed by atoms with E-state index in [2.05, 4.69) is 15.5 Å². The van der Waals surface area contributed by atoms with Crippen LogP contribution >= 0.6 is 12.2 Å². The lowest BCUT2D eigenvalue weighted by atomic mass is 10.1. The van der Waals surface area contributed by atoms with Crippen molar-refractivity contribution < 1.29 is 9.53 Å². The average molecular weight is 335 g/mol. The number of thiocarbonyl (C=S) groups is 1. The first kappa shape index (κ1) is 17.7. The molecule has 2 rings (SSSR count). The van der Waals surface area contributed by atoms with E-state index in [1.54, 1.807) is 19.1 Å². The SMILES string of the molecule is CCOC(=O)c1cccc(NC(=S)NCCN2CCCCC2)c1. The van der Waals surface area contributed by atoms with E-state index in [0.717, 1.165) is 18.8 Å². The van der Waals surface area contributed by atoms with Gasteiger partial charge in [0.1, 0.15) is 0 Å². The lowest BCUT2D eigenvalue weighted by Gasteiger charge is -2.26. The number of hydrogen-bond acceptors (Lipinski definition) is 4. The molecule has 0 atom stereocenters. The maximum atomic E-state index is 11.7. The van der Waals surface area contributed by atoms with Crippen molar-refractivity contribution in [1.29, 1.82) is 0 Å². The minimum Gasteiger partial charge on any atom is -0.462 e. The molecule has 0 saturated carbocycles. The fourth-order valence-electron chi connectivity index (χ4n) is 2.62. The molecule has 2 N–H and O–H groups in total. The lowest BCUT2D eigenvalue weighted by Crippen LogP contribution is -2.39. The summed E-state index contributed by atoms with van der Waals surface area (Å²) in [6, 6.07) is 7.17. The van der Waals surface area contributed by atoms with Crippen LogP contribution in [-0.4, -0.2) is 48.8 Å². The van der Waals surface area contributed by atoms with Gasteiger partial charge in [0.05, 0.1) is 12.2 Å². The number of esters is 1. The average Bonchev–Trinajstić information content (AvgIpc) is 2.56. The van der Waals surface area contributed by atoms with Crippen molar-refractivity contribution in [3.05, 3.63) is 29.8 Å². The molecule has 1 saturated heterocycles. The van der Waals surface area contributed by atoms with Gasteiger partial charge in [-0.05, 0) is 63.3 Å². The summed E-state index contributed by atoms with van der Waals surface area (Å²) in [6.07, 6.45) is 3.94. The third kappa shape index (κ3) is 6.15. The summed E-state index contributed by atoms with van der Waals surface area (Å²) in [7, 11) is 0. The van der Waals surface area contributed by atoms with Gasteiger partial charge in [-0.15, -0.1) is 0 Å². The van der Waals surface area contributed by atoms with Gasteiger partial charge in [0, 0.05) is 18.8 Å². The van der Waals surface area contributed by atoms with Crippen molar-refractivity contribution >= 4 is 29.0 Å². The van der Waals surface area contributed by atoms with Gasteiger partial charge in [-0.3, -0.25) is 0 Å². The van der Waals surface area contributed by atoms with E-state index >= 15 is 0 Å². The molecule has 1 aromatic carbocycles. The predicted octanol–water partition coefficient (Wildman–Crippen LogP) is 2.64. The van der Waals surface area contributed by atoms with Crippen molar-refractivity contribution in [3.63, 3.8) is 0 Å². The molecule has 0 spiro atoms. The maximum Gasteiger partial charge on any atom is 0.338 e. The van der Waals surface area contributed by atoms with Gasteiger partial charge in [0.2, 0.25) is 0 Å². The Morgan fingerprint density at radius 2 is 2.09 bits per heavy atom. The van der Waals surface area contributed by atoms with Crippen LogP contribution in [0.3, 0.4) is 0 Å². The molecule has 23 heavy (non-hydrogen) atoms. The zero-order valence-corrected chi connectivity index (χ0v) is 14.5. The summed E-state index contributed by atoms with van der Waals surface area (Å²) in [6.45, 7) is 6.36. The standard InChI is InChI=1S/C17H25N3O2S/c1-2-22-16(21)14-7-6-8-15(13-14)19-17(23)18-9-12-20-10-4-3-5-11-20/h6-8,13H,2-5,9-12H2,1H3,(H2,18,19,23). The number of benzene rings is 1. The first-order valence-electron chi connectivity index (χ1n) is 8.23. The van der Waals surface area contributed by atoms with E-state index in [-0.39, 0.29) is 5.97 Å². The number of hydrogen-bond donors (Lipinski definition) is 2. The van der Waals surface area contributed by atoms with Crippen molar-refractivity contribution in [2.24, 2.45) is 0 Å². The highest BCUT2D eigenvalue weighted by molar-refractivity contribution is 7.80. The minimum atomic E-state index is -0.319. The Morgan fingerprint density at radius 1 is 1.30 bits per heavy atom. The van der Waals surface area contributed by atoms with E-state index in [1.165, 1.54) is 32.4 Å². The first-order valence-corrected chi connectivity index (χ1v) is 8.64. The molecule has 0 unspecified atom stereocenters. The Balaban J connectivity index is 1.76.